The third kappa shape index (κ3) is 3.68. The molecular weight excluding hydrogens is 232 g/mol. The molecule has 0 radical (unpaired) electrons. The van der Waals surface area contributed by atoms with E-state index in [0.29, 0.717) is 5.92 Å². The van der Waals surface area contributed by atoms with Crippen molar-refractivity contribution in [2.45, 2.75) is 58.3 Å². The first kappa shape index (κ1) is 14.3. The van der Waals surface area contributed by atoms with Crippen LogP contribution >= 0.6 is 0 Å². The average Bonchev–Trinajstić information content (AvgIpc) is 2.48. The van der Waals surface area contributed by atoms with E-state index in [-0.39, 0.29) is 0 Å². The quantitative estimate of drug-likeness (QED) is 0.663. The van der Waals surface area contributed by atoms with Crippen LogP contribution in [0.15, 0.2) is 24.3 Å². The summed E-state index contributed by atoms with van der Waals surface area (Å²) in [6, 6.07) is 8.14. The smallest absolute Gasteiger partial charge is 0.150 e. The minimum Gasteiger partial charge on any atom is -0.298 e. The summed E-state index contributed by atoms with van der Waals surface area (Å²) in [5, 5.41) is 0. The molecule has 0 bridgehead atoms. The van der Waals surface area contributed by atoms with Crippen molar-refractivity contribution in [3.8, 4) is 0 Å². The maximum absolute atomic E-state index is 10.9. The second-order valence-corrected chi connectivity index (χ2v) is 6.15. The predicted molar refractivity (Wildman–Crippen MR) is 80.6 cm³/mol. The Hall–Kier alpha value is -1.11. The molecule has 1 atom stereocenters. The predicted octanol–water partition coefficient (Wildman–Crippen LogP) is 5.21. The molecule has 1 unspecified atom stereocenters. The lowest BCUT2D eigenvalue weighted by molar-refractivity contribution is 0.112. The topological polar surface area (TPSA) is 17.1 Å². The number of carbonyl (C=O) groups excluding carboxylic acids is 1. The molecule has 1 heteroatoms. The number of benzene rings is 1. The standard InChI is InChI=1S/C18H26O/c1-3-5-15-8-10-17(11-9-15)14(2)18-7-4-6-16(12-18)13-19/h4,6-7,12-15,17H,3,5,8-11H2,1-2H3. The van der Waals surface area contributed by atoms with Crippen LogP contribution in [-0.4, -0.2) is 6.29 Å². The third-order valence-corrected chi connectivity index (χ3v) is 4.87. The van der Waals surface area contributed by atoms with Crippen molar-refractivity contribution in [2.75, 3.05) is 0 Å². The summed E-state index contributed by atoms with van der Waals surface area (Å²) in [7, 11) is 0. The van der Waals surface area contributed by atoms with Gasteiger partial charge in [-0.3, -0.25) is 4.79 Å². The molecule has 1 saturated carbocycles. The van der Waals surface area contributed by atoms with Gasteiger partial charge in [-0.15, -0.1) is 0 Å². The van der Waals surface area contributed by atoms with E-state index in [2.05, 4.69) is 26.0 Å². The lowest BCUT2D eigenvalue weighted by atomic mass is 9.73. The Bertz CT molecular complexity index is 402. The summed E-state index contributed by atoms with van der Waals surface area (Å²) in [6.07, 6.45) is 9.20. The molecule has 1 aromatic carbocycles. The van der Waals surface area contributed by atoms with Crippen molar-refractivity contribution in [3.05, 3.63) is 35.4 Å². The van der Waals surface area contributed by atoms with Crippen molar-refractivity contribution >= 4 is 6.29 Å². The fourth-order valence-electron chi connectivity index (χ4n) is 3.57. The van der Waals surface area contributed by atoms with E-state index in [1.165, 1.54) is 44.1 Å². The van der Waals surface area contributed by atoms with Gasteiger partial charge in [0.2, 0.25) is 0 Å². The molecule has 2 rings (SSSR count). The molecule has 1 aromatic rings. The molecule has 0 saturated heterocycles. The van der Waals surface area contributed by atoms with Gasteiger partial charge in [0.25, 0.3) is 0 Å². The molecule has 0 amide bonds. The minimum atomic E-state index is 0.586. The molecule has 1 nitrogen and oxygen atoms in total. The van der Waals surface area contributed by atoms with Crippen LogP contribution < -0.4 is 0 Å². The van der Waals surface area contributed by atoms with E-state index in [0.717, 1.165) is 23.7 Å². The Labute approximate surface area is 117 Å². The van der Waals surface area contributed by atoms with Crippen LogP contribution in [0, 0.1) is 11.8 Å². The number of rotatable bonds is 5. The van der Waals surface area contributed by atoms with Gasteiger partial charge in [0.15, 0.2) is 0 Å². The molecule has 0 aromatic heterocycles. The van der Waals surface area contributed by atoms with Crippen molar-refractivity contribution < 1.29 is 4.79 Å². The normalized spacial score (nSPS) is 24.9. The molecular formula is C18H26O. The maximum Gasteiger partial charge on any atom is 0.150 e. The van der Waals surface area contributed by atoms with Crippen molar-refractivity contribution in [3.63, 3.8) is 0 Å². The van der Waals surface area contributed by atoms with E-state index in [1.54, 1.807) is 0 Å². The largest absolute Gasteiger partial charge is 0.298 e. The van der Waals surface area contributed by atoms with E-state index in [4.69, 9.17) is 0 Å². The van der Waals surface area contributed by atoms with Gasteiger partial charge < -0.3 is 0 Å². The second kappa shape index (κ2) is 6.88. The number of aldehydes is 1. The van der Waals surface area contributed by atoms with Crippen LogP contribution in [0.3, 0.4) is 0 Å². The monoisotopic (exact) mass is 258 g/mol. The first-order chi connectivity index (χ1) is 9.24. The van der Waals surface area contributed by atoms with Crippen molar-refractivity contribution in [2.24, 2.45) is 11.8 Å². The Kier molecular flexibility index (Phi) is 5.18. The summed E-state index contributed by atoms with van der Waals surface area (Å²) in [4.78, 5) is 10.9. The lowest BCUT2D eigenvalue weighted by Crippen LogP contribution is -2.19. The molecule has 0 aliphatic heterocycles. The zero-order valence-electron chi connectivity index (χ0n) is 12.3. The zero-order valence-corrected chi connectivity index (χ0v) is 12.3. The van der Waals surface area contributed by atoms with Gasteiger partial charge in [-0.25, -0.2) is 0 Å². The number of carbonyl (C=O) groups is 1. The van der Waals surface area contributed by atoms with Gasteiger partial charge in [-0.05, 0) is 42.2 Å². The highest BCUT2D eigenvalue weighted by Gasteiger charge is 2.25. The second-order valence-electron chi connectivity index (χ2n) is 6.15. The van der Waals surface area contributed by atoms with Crippen molar-refractivity contribution in [1.82, 2.24) is 0 Å². The molecule has 1 aliphatic rings. The van der Waals surface area contributed by atoms with Crippen LogP contribution in [0.1, 0.15) is 74.2 Å². The number of hydrogen-bond donors (Lipinski definition) is 0. The average molecular weight is 258 g/mol. The maximum atomic E-state index is 10.9. The van der Waals surface area contributed by atoms with Gasteiger partial charge in [-0.1, -0.05) is 57.7 Å². The Morgan fingerprint density at radius 3 is 2.63 bits per heavy atom. The molecule has 0 spiro atoms. The van der Waals surface area contributed by atoms with Crippen molar-refractivity contribution in [1.29, 1.82) is 0 Å². The molecule has 19 heavy (non-hydrogen) atoms. The molecule has 0 N–H and O–H groups in total. The van der Waals surface area contributed by atoms with E-state index >= 15 is 0 Å². The molecule has 0 heterocycles. The Balaban J connectivity index is 1.96. The minimum absolute atomic E-state index is 0.586. The fourth-order valence-corrected chi connectivity index (χ4v) is 3.57. The zero-order chi connectivity index (χ0) is 13.7. The molecule has 1 aliphatic carbocycles. The summed E-state index contributed by atoms with van der Waals surface area (Å²) < 4.78 is 0. The van der Waals surface area contributed by atoms with E-state index in [9.17, 15) is 4.79 Å². The van der Waals surface area contributed by atoms with Gasteiger partial charge in [-0.2, -0.15) is 0 Å². The van der Waals surface area contributed by atoms with Gasteiger partial charge in [0.05, 0.1) is 0 Å². The highest BCUT2D eigenvalue weighted by atomic mass is 16.1. The third-order valence-electron chi connectivity index (χ3n) is 4.87. The van der Waals surface area contributed by atoms with Crippen LogP contribution in [0.5, 0.6) is 0 Å². The number of hydrogen-bond acceptors (Lipinski definition) is 1. The van der Waals surface area contributed by atoms with Crippen LogP contribution in [0.2, 0.25) is 0 Å². The molecule has 1 fully saturated rings. The van der Waals surface area contributed by atoms with Crippen LogP contribution in [0.4, 0.5) is 0 Å². The van der Waals surface area contributed by atoms with Crippen LogP contribution in [0.25, 0.3) is 0 Å². The highest BCUT2D eigenvalue weighted by Crippen LogP contribution is 2.39. The first-order valence-electron chi connectivity index (χ1n) is 7.79. The fraction of sp³-hybridized carbons (Fsp3) is 0.611. The van der Waals surface area contributed by atoms with E-state index in [1.807, 2.05) is 12.1 Å². The first-order valence-corrected chi connectivity index (χ1v) is 7.79. The van der Waals surface area contributed by atoms with E-state index < -0.39 is 0 Å². The lowest BCUT2D eigenvalue weighted by Gasteiger charge is -2.32. The summed E-state index contributed by atoms with van der Waals surface area (Å²) in [5.74, 6) is 2.35. The summed E-state index contributed by atoms with van der Waals surface area (Å²) >= 11 is 0. The van der Waals surface area contributed by atoms with Gasteiger partial charge >= 0.3 is 0 Å². The van der Waals surface area contributed by atoms with Crippen LogP contribution in [-0.2, 0) is 0 Å². The SMILES string of the molecule is CCCC1CCC(C(C)c2cccc(C=O)c2)CC1. The summed E-state index contributed by atoms with van der Waals surface area (Å²) in [6.45, 7) is 4.62. The highest BCUT2D eigenvalue weighted by molar-refractivity contribution is 5.75. The Morgan fingerprint density at radius 1 is 1.26 bits per heavy atom. The summed E-state index contributed by atoms with van der Waals surface area (Å²) in [5.41, 5.74) is 2.15. The van der Waals surface area contributed by atoms with Gasteiger partial charge in [0.1, 0.15) is 6.29 Å². The van der Waals surface area contributed by atoms with Gasteiger partial charge in [0, 0.05) is 5.56 Å². The molecule has 104 valence electrons. The Morgan fingerprint density at radius 2 is 2.00 bits per heavy atom.